The first-order chi connectivity index (χ1) is 10.2. The van der Waals surface area contributed by atoms with Crippen LogP contribution in [-0.2, 0) is 14.3 Å². The van der Waals surface area contributed by atoms with Crippen LogP contribution in [0.1, 0.15) is 38.1 Å². The molecule has 2 amide bonds. The van der Waals surface area contributed by atoms with Gasteiger partial charge < -0.3 is 15.4 Å². The summed E-state index contributed by atoms with van der Waals surface area (Å²) >= 11 is 0. The molecule has 0 radical (unpaired) electrons. The van der Waals surface area contributed by atoms with Crippen molar-refractivity contribution in [3.63, 3.8) is 0 Å². The minimum absolute atomic E-state index is 0.0427. The predicted molar refractivity (Wildman–Crippen MR) is 83.5 cm³/mol. The van der Waals surface area contributed by atoms with Gasteiger partial charge >= 0.3 is 5.97 Å². The molecule has 22 heavy (non-hydrogen) atoms. The first-order valence-electron chi connectivity index (χ1n) is 6.99. The van der Waals surface area contributed by atoms with Crippen molar-refractivity contribution in [3.8, 4) is 0 Å². The van der Waals surface area contributed by atoms with Gasteiger partial charge in [0.15, 0.2) is 0 Å². The first kappa shape index (κ1) is 17.7. The van der Waals surface area contributed by atoms with E-state index >= 15 is 0 Å². The van der Waals surface area contributed by atoms with Gasteiger partial charge in [0.05, 0.1) is 12.7 Å². The Hall–Kier alpha value is -2.37. The molecule has 0 saturated carbocycles. The van der Waals surface area contributed by atoms with Crippen molar-refractivity contribution in [1.29, 1.82) is 0 Å². The fraction of sp³-hybridized carbons (Fsp3) is 0.438. The van der Waals surface area contributed by atoms with E-state index < -0.39 is 17.3 Å². The van der Waals surface area contributed by atoms with Crippen LogP contribution in [0.3, 0.4) is 0 Å². The molecule has 0 fully saturated rings. The standard InChI is InChI=1S/C16H22N2O4/c1-10(2)17-14(20)16(3,4)15(21)18-12-8-6-11(7-9-12)13(19)22-5/h6-10H,1-5H3,(H,17,20)(H,18,21). The zero-order valence-corrected chi connectivity index (χ0v) is 13.5. The van der Waals surface area contributed by atoms with E-state index in [1.807, 2.05) is 13.8 Å². The molecule has 6 heteroatoms. The van der Waals surface area contributed by atoms with E-state index in [0.29, 0.717) is 11.3 Å². The summed E-state index contributed by atoms with van der Waals surface area (Å²) < 4.78 is 4.60. The Morgan fingerprint density at radius 3 is 2.05 bits per heavy atom. The van der Waals surface area contributed by atoms with Crippen molar-refractivity contribution in [3.05, 3.63) is 29.8 Å². The second-order valence-electron chi connectivity index (χ2n) is 5.78. The van der Waals surface area contributed by atoms with E-state index in [1.54, 1.807) is 38.1 Å². The summed E-state index contributed by atoms with van der Waals surface area (Å²) in [5, 5.41) is 5.39. The molecule has 0 aliphatic carbocycles. The topological polar surface area (TPSA) is 84.5 Å². The van der Waals surface area contributed by atoms with E-state index in [2.05, 4.69) is 15.4 Å². The lowest BCUT2D eigenvalue weighted by molar-refractivity contribution is -0.138. The van der Waals surface area contributed by atoms with Crippen molar-refractivity contribution in [2.24, 2.45) is 5.41 Å². The highest BCUT2D eigenvalue weighted by molar-refractivity contribution is 6.10. The molecule has 0 aliphatic rings. The number of amides is 2. The number of nitrogens with one attached hydrogen (secondary N) is 2. The fourth-order valence-corrected chi connectivity index (χ4v) is 1.64. The molecule has 0 heterocycles. The molecule has 6 nitrogen and oxygen atoms in total. The highest BCUT2D eigenvalue weighted by atomic mass is 16.5. The third kappa shape index (κ3) is 4.31. The van der Waals surface area contributed by atoms with Crippen LogP contribution < -0.4 is 10.6 Å². The Labute approximate surface area is 130 Å². The molecule has 1 rings (SSSR count). The van der Waals surface area contributed by atoms with Gasteiger partial charge in [-0.05, 0) is 52.0 Å². The summed E-state index contributed by atoms with van der Waals surface area (Å²) in [6.07, 6.45) is 0. The number of hydrogen-bond donors (Lipinski definition) is 2. The zero-order valence-electron chi connectivity index (χ0n) is 13.5. The van der Waals surface area contributed by atoms with Gasteiger partial charge in [0.1, 0.15) is 5.41 Å². The lowest BCUT2D eigenvalue weighted by Gasteiger charge is -2.24. The number of hydrogen-bond acceptors (Lipinski definition) is 4. The van der Waals surface area contributed by atoms with Crippen LogP contribution in [0.5, 0.6) is 0 Å². The lowest BCUT2D eigenvalue weighted by Crippen LogP contribution is -2.47. The molecule has 1 aromatic rings. The molecule has 0 atom stereocenters. The van der Waals surface area contributed by atoms with Crippen LogP contribution in [0, 0.1) is 5.41 Å². The van der Waals surface area contributed by atoms with Gasteiger partial charge in [0.2, 0.25) is 11.8 Å². The number of methoxy groups -OCH3 is 1. The minimum atomic E-state index is -1.20. The van der Waals surface area contributed by atoms with Gasteiger partial charge in [-0.3, -0.25) is 9.59 Å². The number of rotatable bonds is 5. The van der Waals surface area contributed by atoms with Crippen molar-refractivity contribution >= 4 is 23.5 Å². The quantitative estimate of drug-likeness (QED) is 0.643. The van der Waals surface area contributed by atoms with E-state index in [-0.39, 0.29) is 11.9 Å². The van der Waals surface area contributed by atoms with Crippen LogP contribution in [0.2, 0.25) is 0 Å². The van der Waals surface area contributed by atoms with E-state index in [1.165, 1.54) is 7.11 Å². The van der Waals surface area contributed by atoms with E-state index in [9.17, 15) is 14.4 Å². The summed E-state index contributed by atoms with van der Waals surface area (Å²) in [5.74, 6) is -1.21. The van der Waals surface area contributed by atoms with E-state index in [4.69, 9.17) is 0 Å². The smallest absolute Gasteiger partial charge is 0.337 e. The highest BCUT2D eigenvalue weighted by Gasteiger charge is 2.36. The molecule has 1 aromatic carbocycles. The van der Waals surface area contributed by atoms with E-state index in [0.717, 1.165) is 0 Å². The van der Waals surface area contributed by atoms with Crippen molar-refractivity contribution in [2.45, 2.75) is 33.7 Å². The lowest BCUT2D eigenvalue weighted by atomic mass is 9.90. The Bertz CT molecular complexity index is 562. The maximum absolute atomic E-state index is 12.3. The number of benzene rings is 1. The van der Waals surface area contributed by atoms with Gasteiger partial charge in [-0.15, -0.1) is 0 Å². The van der Waals surface area contributed by atoms with Crippen molar-refractivity contribution in [1.82, 2.24) is 5.32 Å². The molecule has 120 valence electrons. The zero-order chi connectivity index (χ0) is 16.9. The number of carbonyl (C=O) groups is 3. The maximum atomic E-state index is 12.3. The van der Waals surface area contributed by atoms with Crippen molar-refractivity contribution < 1.29 is 19.1 Å². The van der Waals surface area contributed by atoms with Gasteiger partial charge in [-0.25, -0.2) is 4.79 Å². The van der Waals surface area contributed by atoms with Crippen LogP contribution >= 0.6 is 0 Å². The molecular formula is C16H22N2O4. The third-order valence-electron chi connectivity index (χ3n) is 3.12. The number of esters is 1. The number of anilines is 1. The second-order valence-corrected chi connectivity index (χ2v) is 5.78. The summed E-state index contributed by atoms with van der Waals surface area (Å²) in [5.41, 5.74) is -0.314. The molecule has 0 aromatic heterocycles. The molecule has 0 unspecified atom stereocenters. The molecule has 0 aliphatic heterocycles. The Morgan fingerprint density at radius 1 is 1.05 bits per heavy atom. The largest absolute Gasteiger partial charge is 0.465 e. The van der Waals surface area contributed by atoms with Crippen LogP contribution in [0.4, 0.5) is 5.69 Å². The van der Waals surface area contributed by atoms with Crippen LogP contribution in [-0.4, -0.2) is 30.9 Å². The van der Waals surface area contributed by atoms with Gasteiger partial charge in [-0.1, -0.05) is 0 Å². The normalized spacial score (nSPS) is 11.0. The van der Waals surface area contributed by atoms with Gasteiger partial charge in [0, 0.05) is 11.7 Å². The Balaban J connectivity index is 2.79. The third-order valence-corrected chi connectivity index (χ3v) is 3.12. The number of carbonyl (C=O) groups excluding carboxylic acids is 3. The average Bonchev–Trinajstić information content (AvgIpc) is 2.46. The van der Waals surface area contributed by atoms with Crippen molar-refractivity contribution in [2.75, 3.05) is 12.4 Å². The summed E-state index contributed by atoms with van der Waals surface area (Å²) in [6.45, 7) is 6.78. The minimum Gasteiger partial charge on any atom is -0.465 e. The molecule has 2 N–H and O–H groups in total. The second kappa shape index (κ2) is 7.06. The summed E-state index contributed by atoms with van der Waals surface area (Å²) in [4.78, 5) is 35.7. The fourth-order valence-electron chi connectivity index (χ4n) is 1.64. The Morgan fingerprint density at radius 2 is 1.59 bits per heavy atom. The molecular weight excluding hydrogens is 284 g/mol. The maximum Gasteiger partial charge on any atom is 0.337 e. The predicted octanol–water partition coefficient (Wildman–Crippen LogP) is 1.96. The molecule has 0 saturated heterocycles. The molecule has 0 bridgehead atoms. The Kier molecular flexibility index (Phi) is 5.68. The monoisotopic (exact) mass is 306 g/mol. The van der Waals surface area contributed by atoms with Crippen LogP contribution in [0.25, 0.3) is 0 Å². The average molecular weight is 306 g/mol. The highest BCUT2D eigenvalue weighted by Crippen LogP contribution is 2.20. The van der Waals surface area contributed by atoms with Crippen LogP contribution in [0.15, 0.2) is 24.3 Å². The van der Waals surface area contributed by atoms with Gasteiger partial charge in [0.25, 0.3) is 0 Å². The number of ether oxygens (including phenoxy) is 1. The summed E-state index contributed by atoms with van der Waals surface area (Å²) in [7, 11) is 1.30. The summed E-state index contributed by atoms with van der Waals surface area (Å²) in [6, 6.07) is 6.21. The first-order valence-corrected chi connectivity index (χ1v) is 6.99. The van der Waals surface area contributed by atoms with Gasteiger partial charge in [-0.2, -0.15) is 0 Å². The molecule has 0 spiro atoms. The SMILES string of the molecule is COC(=O)c1ccc(NC(=O)C(C)(C)C(=O)NC(C)C)cc1.